The number of para-hydroxylation sites is 2. The summed E-state index contributed by atoms with van der Waals surface area (Å²) >= 11 is 0. The summed E-state index contributed by atoms with van der Waals surface area (Å²) in [6.07, 6.45) is 4.08. The second-order valence-electron chi connectivity index (χ2n) is 8.74. The van der Waals surface area contributed by atoms with E-state index in [1.165, 1.54) is 5.56 Å². The Bertz CT molecular complexity index is 1470. The van der Waals surface area contributed by atoms with Crippen molar-refractivity contribution in [2.24, 2.45) is 0 Å². The van der Waals surface area contributed by atoms with Gasteiger partial charge in [0.05, 0.1) is 11.0 Å². The van der Waals surface area contributed by atoms with Gasteiger partial charge in [0.25, 0.3) is 5.91 Å². The number of carbonyl (C=O) groups excluding carboxylic acids is 1. The molecule has 5 aromatic rings. The number of nitrogens with two attached hydrogens (primary N) is 1. The van der Waals surface area contributed by atoms with Gasteiger partial charge >= 0.3 is 0 Å². The summed E-state index contributed by atoms with van der Waals surface area (Å²) in [5.74, 6) is 0.0974. The molecule has 0 aliphatic carbocycles. The van der Waals surface area contributed by atoms with Crippen molar-refractivity contribution in [2.45, 2.75) is 32.6 Å². The lowest BCUT2D eigenvalue weighted by Gasteiger charge is -2.09. The quantitative estimate of drug-likeness (QED) is 0.319. The number of aryl methyl sites for hydroxylation is 1. The number of rotatable bonds is 8. The van der Waals surface area contributed by atoms with E-state index in [0.29, 0.717) is 29.1 Å². The number of hydrogen-bond donors (Lipinski definition) is 2. The Balaban J connectivity index is 1.54. The lowest BCUT2D eigenvalue weighted by atomic mass is 10.1. The molecule has 2 heterocycles. The third kappa shape index (κ3) is 4.60. The number of nitrogens with one attached hydrogen (secondary N) is 1. The molecule has 0 spiro atoms. The fraction of sp³-hybridized carbons (Fsp3) is 0.207. The van der Waals surface area contributed by atoms with Crippen LogP contribution in [0.1, 0.15) is 41.3 Å². The van der Waals surface area contributed by atoms with Gasteiger partial charge in [-0.3, -0.25) is 9.36 Å². The second-order valence-corrected chi connectivity index (χ2v) is 8.74. The average Bonchev–Trinajstić information content (AvgIpc) is 3.17. The number of unbranched alkanes of at least 4 members (excludes halogenated alkanes) is 1. The molecule has 35 heavy (non-hydrogen) atoms. The Kier molecular flexibility index (Phi) is 6.44. The fourth-order valence-electron chi connectivity index (χ4n) is 4.39. The summed E-state index contributed by atoms with van der Waals surface area (Å²) < 4.78 is 1.84. The normalized spacial score (nSPS) is 11.2. The first kappa shape index (κ1) is 22.6. The molecule has 0 fully saturated rings. The molecule has 176 valence electrons. The van der Waals surface area contributed by atoms with E-state index in [0.717, 1.165) is 48.0 Å². The van der Waals surface area contributed by atoms with Gasteiger partial charge in [-0.1, -0.05) is 67.9 Å². The predicted molar refractivity (Wildman–Crippen MR) is 142 cm³/mol. The molecular formula is C29H29N5O. The zero-order chi connectivity index (χ0) is 24.2. The maximum Gasteiger partial charge on any atom is 0.257 e. The maximum atomic E-state index is 13.4. The van der Waals surface area contributed by atoms with Gasteiger partial charge < -0.3 is 11.1 Å². The first-order chi connectivity index (χ1) is 17.2. The molecule has 1 amide bonds. The summed E-state index contributed by atoms with van der Waals surface area (Å²) in [6, 6.07) is 26.0. The second kappa shape index (κ2) is 9.97. The van der Waals surface area contributed by atoms with E-state index in [9.17, 15) is 4.79 Å². The van der Waals surface area contributed by atoms with E-state index < -0.39 is 0 Å². The number of aromatic nitrogens is 3. The molecule has 6 heteroatoms. The van der Waals surface area contributed by atoms with Gasteiger partial charge in [0.2, 0.25) is 0 Å². The van der Waals surface area contributed by atoms with E-state index in [1.54, 1.807) is 0 Å². The monoisotopic (exact) mass is 463 g/mol. The van der Waals surface area contributed by atoms with Crippen molar-refractivity contribution in [3.8, 4) is 5.69 Å². The molecule has 0 aliphatic heterocycles. The van der Waals surface area contributed by atoms with E-state index in [2.05, 4.69) is 24.4 Å². The van der Waals surface area contributed by atoms with Crippen LogP contribution in [0.4, 0.5) is 5.82 Å². The molecule has 0 atom stereocenters. The van der Waals surface area contributed by atoms with Gasteiger partial charge in [-0.15, -0.1) is 0 Å². The molecule has 2 aromatic heterocycles. The summed E-state index contributed by atoms with van der Waals surface area (Å²) in [6.45, 7) is 2.69. The van der Waals surface area contributed by atoms with Crippen LogP contribution in [-0.4, -0.2) is 27.0 Å². The minimum absolute atomic E-state index is 0.244. The van der Waals surface area contributed by atoms with Crippen LogP contribution in [0.5, 0.6) is 0 Å². The third-order valence-corrected chi connectivity index (χ3v) is 6.28. The zero-order valence-corrected chi connectivity index (χ0v) is 19.9. The van der Waals surface area contributed by atoms with Crippen LogP contribution in [0.3, 0.4) is 0 Å². The summed E-state index contributed by atoms with van der Waals surface area (Å²) in [5.41, 5.74) is 12.9. The number of amides is 1. The van der Waals surface area contributed by atoms with E-state index in [1.807, 2.05) is 71.3 Å². The van der Waals surface area contributed by atoms with Gasteiger partial charge in [-0.2, -0.15) is 0 Å². The van der Waals surface area contributed by atoms with Gasteiger partial charge in [-0.05, 0) is 54.7 Å². The van der Waals surface area contributed by atoms with Crippen molar-refractivity contribution in [2.75, 3.05) is 12.3 Å². The van der Waals surface area contributed by atoms with Crippen molar-refractivity contribution < 1.29 is 4.79 Å². The van der Waals surface area contributed by atoms with Crippen LogP contribution in [0.25, 0.3) is 27.9 Å². The maximum absolute atomic E-state index is 13.4. The number of nitrogen functional groups attached to an aromatic ring is 1. The first-order valence-corrected chi connectivity index (χ1v) is 12.1. The molecule has 0 bridgehead atoms. The van der Waals surface area contributed by atoms with Crippen molar-refractivity contribution in [1.29, 1.82) is 0 Å². The number of fused-ring (bicyclic) bond motifs is 2. The lowest BCUT2D eigenvalue weighted by Crippen LogP contribution is -2.26. The predicted octanol–water partition coefficient (Wildman–Crippen LogP) is 5.47. The Morgan fingerprint density at radius 1 is 0.857 bits per heavy atom. The van der Waals surface area contributed by atoms with Gasteiger partial charge in [-0.25, -0.2) is 9.97 Å². The first-order valence-electron chi connectivity index (χ1n) is 12.1. The topological polar surface area (TPSA) is 85.8 Å². The minimum Gasteiger partial charge on any atom is -0.384 e. The summed E-state index contributed by atoms with van der Waals surface area (Å²) in [5, 5.41) is 3.03. The van der Waals surface area contributed by atoms with Crippen LogP contribution >= 0.6 is 0 Å². The van der Waals surface area contributed by atoms with Crippen LogP contribution in [-0.2, 0) is 12.8 Å². The standard InChI is InChI=1S/C29H29N5O/c1-2-3-9-21-14-16-22(17-15-21)34-27(30)25(29(35)31-19-18-20-10-5-4-6-11-20)26-28(34)33-24-13-8-7-12-23(24)32-26/h4-8,10-17H,2-3,9,18-19,30H2,1H3,(H,31,35). The van der Waals surface area contributed by atoms with Crippen molar-refractivity contribution >= 4 is 33.9 Å². The van der Waals surface area contributed by atoms with Crippen LogP contribution in [0, 0.1) is 0 Å². The molecule has 5 rings (SSSR count). The summed E-state index contributed by atoms with van der Waals surface area (Å²) in [4.78, 5) is 23.0. The van der Waals surface area contributed by atoms with Gasteiger partial charge in [0.15, 0.2) is 5.65 Å². The molecule has 0 unspecified atom stereocenters. The highest BCUT2D eigenvalue weighted by atomic mass is 16.1. The minimum atomic E-state index is -0.244. The van der Waals surface area contributed by atoms with E-state index in [4.69, 9.17) is 15.7 Å². The van der Waals surface area contributed by atoms with Gasteiger partial charge in [0, 0.05) is 12.2 Å². The number of hydrogen-bond acceptors (Lipinski definition) is 4. The Morgan fingerprint density at radius 3 is 2.23 bits per heavy atom. The largest absolute Gasteiger partial charge is 0.384 e. The lowest BCUT2D eigenvalue weighted by molar-refractivity contribution is 0.0956. The summed E-state index contributed by atoms with van der Waals surface area (Å²) in [7, 11) is 0. The van der Waals surface area contributed by atoms with Crippen LogP contribution in [0.15, 0.2) is 78.9 Å². The molecule has 0 radical (unpaired) electrons. The molecule has 6 nitrogen and oxygen atoms in total. The van der Waals surface area contributed by atoms with Crippen LogP contribution < -0.4 is 11.1 Å². The Hall–Kier alpha value is -4.19. The van der Waals surface area contributed by atoms with E-state index in [-0.39, 0.29) is 5.91 Å². The molecule has 0 saturated carbocycles. The molecule has 0 aliphatic rings. The number of carbonyl (C=O) groups is 1. The highest BCUT2D eigenvalue weighted by molar-refractivity contribution is 6.11. The molecule has 3 N–H and O–H groups in total. The fourth-order valence-corrected chi connectivity index (χ4v) is 4.39. The number of benzene rings is 3. The zero-order valence-electron chi connectivity index (χ0n) is 19.9. The van der Waals surface area contributed by atoms with E-state index >= 15 is 0 Å². The van der Waals surface area contributed by atoms with Crippen molar-refractivity contribution in [1.82, 2.24) is 19.9 Å². The average molecular weight is 464 g/mol. The molecule has 0 saturated heterocycles. The SMILES string of the molecule is CCCCc1ccc(-n2c(N)c(C(=O)NCCc3ccccc3)c3nc4ccccc4nc32)cc1. The van der Waals surface area contributed by atoms with Crippen molar-refractivity contribution in [3.63, 3.8) is 0 Å². The molecular weight excluding hydrogens is 434 g/mol. The highest BCUT2D eigenvalue weighted by Crippen LogP contribution is 2.31. The smallest absolute Gasteiger partial charge is 0.257 e. The van der Waals surface area contributed by atoms with Gasteiger partial charge in [0.1, 0.15) is 16.9 Å². The highest BCUT2D eigenvalue weighted by Gasteiger charge is 2.24. The molecule has 3 aromatic carbocycles. The Morgan fingerprint density at radius 2 is 1.51 bits per heavy atom. The van der Waals surface area contributed by atoms with Crippen molar-refractivity contribution in [3.05, 3.63) is 95.6 Å². The number of anilines is 1. The third-order valence-electron chi connectivity index (χ3n) is 6.28. The van der Waals surface area contributed by atoms with Crippen LogP contribution in [0.2, 0.25) is 0 Å². The number of nitrogens with zero attached hydrogens (tertiary/aromatic N) is 3. The Labute approximate surface area is 204 Å².